The van der Waals surface area contributed by atoms with Gasteiger partial charge in [0.15, 0.2) is 0 Å². The number of esters is 1. The van der Waals surface area contributed by atoms with Crippen molar-refractivity contribution in [3.05, 3.63) is 17.5 Å². The Kier molecular flexibility index (Phi) is 5.55. The highest BCUT2D eigenvalue weighted by atomic mass is 16.5. The van der Waals surface area contributed by atoms with E-state index in [0.29, 0.717) is 18.8 Å². The molecule has 0 spiro atoms. The number of amides is 2. The van der Waals surface area contributed by atoms with E-state index in [-0.39, 0.29) is 23.4 Å². The van der Waals surface area contributed by atoms with Gasteiger partial charge in [-0.2, -0.15) is 0 Å². The van der Waals surface area contributed by atoms with Crippen LogP contribution in [0.5, 0.6) is 0 Å². The van der Waals surface area contributed by atoms with E-state index in [2.05, 4.69) is 10.3 Å². The number of methoxy groups -OCH3 is 1. The Morgan fingerprint density at radius 3 is 2.60 bits per heavy atom. The molecule has 0 saturated carbocycles. The maximum absolute atomic E-state index is 12.6. The van der Waals surface area contributed by atoms with Crippen molar-refractivity contribution in [3.63, 3.8) is 0 Å². The fourth-order valence-corrected chi connectivity index (χ4v) is 3.04. The third-order valence-electron chi connectivity index (χ3n) is 4.32. The topological polar surface area (TPSA) is 91.5 Å². The van der Waals surface area contributed by atoms with E-state index in [0.717, 1.165) is 18.5 Å². The van der Waals surface area contributed by atoms with Crippen LogP contribution in [0.15, 0.2) is 6.07 Å². The zero-order valence-corrected chi connectivity index (χ0v) is 15.6. The van der Waals surface area contributed by atoms with E-state index in [1.54, 1.807) is 17.9 Å². The first-order valence-corrected chi connectivity index (χ1v) is 8.51. The number of rotatable bonds is 3. The lowest BCUT2D eigenvalue weighted by atomic mass is 9.91. The number of likely N-dealkylation sites (tertiary alicyclic amines) is 1. The first kappa shape index (κ1) is 19.0. The summed E-state index contributed by atoms with van der Waals surface area (Å²) in [5.41, 5.74) is 0.929. The van der Waals surface area contributed by atoms with Gasteiger partial charge in [0, 0.05) is 24.2 Å². The molecule has 1 saturated heterocycles. The fraction of sp³-hybridized carbons (Fsp3) is 0.611. The zero-order valence-electron chi connectivity index (χ0n) is 15.6. The summed E-state index contributed by atoms with van der Waals surface area (Å²) >= 11 is 0. The van der Waals surface area contributed by atoms with E-state index >= 15 is 0 Å². The van der Waals surface area contributed by atoms with Crippen LogP contribution in [-0.4, -0.2) is 47.9 Å². The van der Waals surface area contributed by atoms with Crippen molar-refractivity contribution in [2.75, 3.05) is 25.5 Å². The van der Waals surface area contributed by atoms with Gasteiger partial charge in [0.05, 0.1) is 18.7 Å². The SMILES string of the molecule is COC(=O)c1[nH]c(C)cc1NC(=O)C1CCCN(C(=O)C(C)(C)C)C1. The Balaban J connectivity index is 2.09. The molecular formula is C18H27N3O4. The summed E-state index contributed by atoms with van der Waals surface area (Å²) in [7, 11) is 1.29. The second-order valence-corrected chi connectivity index (χ2v) is 7.56. The molecule has 7 heteroatoms. The monoisotopic (exact) mass is 349 g/mol. The molecule has 2 heterocycles. The van der Waals surface area contributed by atoms with Crippen molar-refractivity contribution in [3.8, 4) is 0 Å². The quantitative estimate of drug-likeness (QED) is 0.819. The van der Waals surface area contributed by atoms with Crippen LogP contribution in [0.2, 0.25) is 0 Å². The molecule has 1 aromatic heterocycles. The van der Waals surface area contributed by atoms with Crippen molar-refractivity contribution in [2.24, 2.45) is 11.3 Å². The molecule has 25 heavy (non-hydrogen) atoms. The van der Waals surface area contributed by atoms with Crippen LogP contribution < -0.4 is 5.32 Å². The number of piperidine rings is 1. The van der Waals surface area contributed by atoms with Crippen LogP contribution in [0, 0.1) is 18.3 Å². The van der Waals surface area contributed by atoms with Crippen molar-refractivity contribution >= 4 is 23.5 Å². The number of hydrogen-bond donors (Lipinski definition) is 2. The third-order valence-corrected chi connectivity index (χ3v) is 4.32. The van der Waals surface area contributed by atoms with E-state index in [1.807, 2.05) is 20.8 Å². The third kappa shape index (κ3) is 4.41. The number of ether oxygens (including phenoxy) is 1. The molecule has 1 unspecified atom stereocenters. The number of aromatic nitrogens is 1. The smallest absolute Gasteiger partial charge is 0.356 e. The highest BCUT2D eigenvalue weighted by Crippen LogP contribution is 2.25. The summed E-state index contributed by atoms with van der Waals surface area (Å²) in [5, 5.41) is 2.81. The number of nitrogens with zero attached hydrogens (tertiary/aromatic N) is 1. The molecule has 138 valence electrons. The van der Waals surface area contributed by atoms with Crippen molar-refractivity contribution in [1.82, 2.24) is 9.88 Å². The van der Waals surface area contributed by atoms with E-state index in [1.165, 1.54) is 7.11 Å². The summed E-state index contributed by atoms with van der Waals surface area (Å²) in [4.78, 5) is 41.6. The Hall–Kier alpha value is -2.31. The molecule has 0 aromatic carbocycles. The summed E-state index contributed by atoms with van der Waals surface area (Å²) < 4.78 is 4.73. The molecule has 0 aliphatic carbocycles. The molecule has 1 aliphatic rings. The van der Waals surface area contributed by atoms with Gasteiger partial charge in [0.25, 0.3) is 0 Å². The average molecular weight is 349 g/mol. The lowest BCUT2D eigenvalue weighted by Crippen LogP contribution is -2.47. The van der Waals surface area contributed by atoms with E-state index < -0.39 is 11.4 Å². The molecule has 0 bridgehead atoms. The zero-order chi connectivity index (χ0) is 18.8. The van der Waals surface area contributed by atoms with Gasteiger partial charge in [-0.15, -0.1) is 0 Å². The van der Waals surface area contributed by atoms with Gasteiger partial charge in [-0.25, -0.2) is 4.79 Å². The molecule has 1 aliphatic heterocycles. The van der Waals surface area contributed by atoms with Crippen molar-refractivity contribution in [1.29, 1.82) is 0 Å². The van der Waals surface area contributed by atoms with Gasteiger partial charge >= 0.3 is 5.97 Å². The van der Waals surface area contributed by atoms with Gasteiger partial charge in [0.1, 0.15) is 5.69 Å². The number of aromatic amines is 1. The summed E-state index contributed by atoms with van der Waals surface area (Å²) in [6.07, 6.45) is 1.51. The normalized spacial score (nSPS) is 18.0. The van der Waals surface area contributed by atoms with Crippen LogP contribution >= 0.6 is 0 Å². The first-order valence-electron chi connectivity index (χ1n) is 8.51. The van der Waals surface area contributed by atoms with Crippen LogP contribution in [0.1, 0.15) is 49.8 Å². The molecule has 1 aromatic rings. The molecular weight excluding hydrogens is 322 g/mol. The number of nitrogens with one attached hydrogen (secondary N) is 2. The second kappa shape index (κ2) is 7.29. The second-order valence-electron chi connectivity index (χ2n) is 7.56. The Bertz CT molecular complexity index is 672. The first-order chi connectivity index (χ1) is 11.6. The predicted molar refractivity (Wildman–Crippen MR) is 94.3 cm³/mol. The minimum Gasteiger partial charge on any atom is -0.464 e. The Morgan fingerprint density at radius 2 is 2.00 bits per heavy atom. The predicted octanol–water partition coefficient (Wildman–Crippen LogP) is 2.33. The van der Waals surface area contributed by atoms with Crippen molar-refractivity contribution in [2.45, 2.75) is 40.5 Å². The van der Waals surface area contributed by atoms with E-state index in [4.69, 9.17) is 4.74 Å². The minimum absolute atomic E-state index is 0.0535. The van der Waals surface area contributed by atoms with Crippen LogP contribution in [0.3, 0.4) is 0 Å². The van der Waals surface area contributed by atoms with Gasteiger partial charge in [-0.3, -0.25) is 9.59 Å². The fourth-order valence-electron chi connectivity index (χ4n) is 3.04. The Morgan fingerprint density at radius 1 is 1.32 bits per heavy atom. The number of aryl methyl sites for hydroxylation is 1. The molecule has 2 rings (SSSR count). The maximum Gasteiger partial charge on any atom is 0.356 e. The number of anilines is 1. The van der Waals surface area contributed by atoms with Crippen LogP contribution in [0.4, 0.5) is 5.69 Å². The average Bonchev–Trinajstić information content (AvgIpc) is 2.93. The summed E-state index contributed by atoms with van der Waals surface area (Å²) in [5.74, 6) is -0.953. The Labute approximate surface area is 148 Å². The number of hydrogen-bond acceptors (Lipinski definition) is 4. The van der Waals surface area contributed by atoms with Gasteiger partial charge in [0.2, 0.25) is 11.8 Å². The largest absolute Gasteiger partial charge is 0.464 e. The van der Waals surface area contributed by atoms with Gasteiger partial charge in [-0.05, 0) is 25.8 Å². The van der Waals surface area contributed by atoms with Crippen molar-refractivity contribution < 1.29 is 19.1 Å². The standard InChI is InChI=1S/C18H27N3O4/c1-11-9-13(14(19-11)16(23)25-5)20-15(22)12-7-6-8-21(10-12)17(24)18(2,3)4/h9,12,19H,6-8,10H2,1-5H3,(H,20,22). The molecule has 1 atom stereocenters. The molecule has 1 fully saturated rings. The molecule has 2 N–H and O–H groups in total. The number of carbonyl (C=O) groups is 3. The van der Waals surface area contributed by atoms with Crippen LogP contribution in [0.25, 0.3) is 0 Å². The minimum atomic E-state index is -0.531. The number of H-pyrrole nitrogens is 1. The molecule has 2 amide bonds. The van der Waals surface area contributed by atoms with Gasteiger partial charge in [-0.1, -0.05) is 20.8 Å². The van der Waals surface area contributed by atoms with Gasteiger partial charge < -0.3 is 19.9 Å². The summed E-state index contributed by atoms with van der Waals surface area (Å²) in [6, 6.07) is 1.70. The summed E-state index contributed by atoms with van der Waals surface area (Å²) in [6.45, 7) is 8.51. The molecule has 7 nitrogen and oxygen atoms in total. The highest BCUT2D eigenvalue weighted by Gasteiger charge is 2.33. The molecule has 0 radical (unpaired) electrons. The number of carbonyl (C=O) groups excluding carboxylic acids is 3. The highest BCUT2D eigenvalue weighted by molar-refractivity contribution is 6.01. The van der Waals surface area contributed by atoms with E-state index in [9.17, 15) is 14.4 Å². The van der Waals surface area contributed by atoms with Crippen LogP contribution in [-0.2, 0) is 14.3 Å². The maximum atomic E-state index is 12.6. The lowest BCUT2D eigenvalue weighted by molar-refractivity contribution is -0.142. The lowest BCUT2D eigenvalue weighted by Gasteiger charge is -2.35.